The van der Waals surface area contributed by atoms with E-state index >= 15 is 0 Å². The van der Waals surface area contributed by atoms with Crippen LogP contribution in [0, 0.1) is 0 Å². The van der Waals surface area contributed by atoms with Gasteiger partial charge in [0.25, 0.3) is 0 Å². The van der Waals surface area contributed by atoms with Crippen molar-refractivity contribution in [3.63, 3.8) is 0 Å². The van der Waals surface area contributed by atoms with Gasteiger partial charge in [0, 0.05) is 13.1 Å². The standard InChI is InChI=1S/C12H19ClN4O/c1-3-4-14-12-15-7-10(13)11(16-12)17-5-6-18-8-9(17)2/h7,9H,3-6,8H2,1-2H3,(H,14,15,16). The monoisotopic (exact) mass is 270 g/mol. The lowest BCUT2D eigenvalue weighted by Crippen LogP contribution is -2.44. The van der Waals surface area contributed by atoms with Crippen LogP contribution in [0.2, 0.25) is 5.02 Å². The Hall–Kier alpha value is -1.07. The molecular formula is C12H19ClN4O. The fraction of sp³-hybridized carbons (Fsp3) is 0.667. The molecule has 1 N–H and O–H groups in total. The first-order valence-electron chi connectivity index (χ1n) is 6.33. The van der Waals surface area contributed by atoms with Gasteiger partial charge in [0.1, 0.15) is 5.02 Å². The molecule has 2 heterocycles. The quantitative estimate of drug-likeness (QED) is 0.909. The smallest absolute Gasteiger partial charge is 0.224 e. The van der Waals surface area contributed by atoms with Crippen molar-refractivity contribution in [3.8, 4) is 0 Å². The molecule has 0 radical (unpaired) electrons. The highest BCUT2D eigenvalue weighted by Crippen LogP contribution is 2.26. The number of nitrogens with one attached hydrogen (secondary N) is 1. The van der Waals surface area contributed by atoms with E-state index in [0.717, 1.165) is 25.3 Å². The molecule has 0 aliphatic carbocycles. The number of halogens is 1. The normalized spacial score (nSPS) is 19.9. The Bertz CT molecular complexity index is 402. The van der Waals surface area contributed by atoms with E-state index in [-0.39, 0.29) is 6.04 Å². The molecular weight excluding hydrogens is 252 g/mol. The molecule has 1 fully saturated rings. The maximum absolute atomic E-state index is 6.19. The second-order valence-electron chi connectivity index (χ2n) is 4.41. The molecule has 2 rings (SSSR count). The highest BCUT2D eigenvalue weighted by Gasteiger charge is 2.22. The van der Waals surface area contributed by atoms with E-state index in [1.165, 1.54) is 0 Å². The van der Waals surface area contributed by atoms with Gasteiger partial charge in [-0.2, -0.15) is 4.98 Å². The molecule has 0 spiro atoms. The van der Waals surface area contributed by atoms with Gasteiger partial charge in [-0.05, 0) is 13.3 Å². The second-order valence-corrected chi connectivity index (χ2v) is 4.82. The molecule has 0 aromatic carbocycles. The maximum atomic E-state index is 6.19. The van der Waals surface area contributed by atoms with Gasteiger partial charge in [-0.3, -0.25) is 0 Å². The Morgan fingerprint density at radius 2 is 2.44 bits per heavy atom. The van der Waals surface area contributed by atoms with Crippen LogP contribution in [-0.4, -0.2) is 42.3 Å². The van der Waals surface area contributed by atoms with Crippen LogP contribution in [-0.2, 0) is 4.74 Å². The number of anilines is 2. The highest BCUT2D eigenvalue weighted by molar-refractivity contribution is 6.32. The van der Waals surface area contributed by atoms with Gasteiger partial charge in [-0.25, -0.2) is 4.98 Å². The summed E-state index contributed by atoms with van der Waals surface area (Å²) < 4.78 is 5.42. The molecule has 1 atom stereocenters. The number of nitrogens with zero attached hydrogens (tertiary/aromatic N) is 3. The third-order valence-corrected chi connectivity index (χ3v) is 3.17. The van der Waals surface area contributed by atoms with Crippen LogP contribution < -0.4 is 10.2 Å². The van der Waals surface area contributed by atoms with E-state index in [0.29, 0.717) is 24.2 Å². The van der Waals surface area contributed by atoms with Crippen molar-refractivity contribution in [1.29, 1.82) is 0 Å². The van der Waals surface area contributed by atoms with Crippen LogP contribution in [0.15, 0.2) is 6.20 Å². The summed E-state index contributed by atoms with van der Waals surface area (Å²) in [4.78, 5) is 10.9. The first-order chi connectivity index (χ1) is 8.72. The van der Waals surface area contributed by atoms with Gasteiger partial charge in [0.05, 0.1) is 25.5 Å². The minimum absolute atomic E-state index is 0.283. The zero-order valence-corrected chi connectivity index (χ0v) is 11.6. The van der Waals surface area contributed by atoms with Gasteiger partial charge < -0.3 is 15.0 Å². The molecule has 100 valence electrons. The topological polar surface area (TPSA) is 50.3 Å². The molecule has 1 saturated heterocycles. The first kappa shape index (κ1) is 13.4. The van der Waals surface area contributed by atoms with Crippen LogP contribution in [0.3, 0.4) is 0 Å². The number of morpholine rings is 1. The third kappa shape index (κ3) is 3.03. The second kappa shape index (κ2) is 6.20. The van der Waals surface area contributed by atoms with Gasteiger partial charge in [-0.1, -0.05) is 18.5 Å². The summed E-state index contributed by atoms with van der Waals surface area (Å²) >= 11 is 6.19. The van der Waals surface area contributed by atoms with Gasteiger partial charge in [0.2, 0.25) is 5.95 Å². The largest absolute Gasteiger partial charge is 0.377 e. The van der Waals surface area contributed by atoms with Gasteiger partial charge >= 0.3 is 0 Å². The van der Waals surface area contributed by atoms with Gasteiger partial charge in [0.15, 0.2) is 5.82 Å². The third-order valence-electron chi connectivity index (χ3n) is 2.90. The molecule has 1 unspecified atom stereocenters. The van der Waals surface area contributed by atoms with Crippen molar-refractivity contribution < 1.29 is 4.74 Å². The number of hydrogen-bond donors (Lipinski definition) is 1. The molecule has 0 amide bonds. The Kier molecular flexibility index (Phi) is 4.60. The van der Waals surface area contributed by atoms with Crippen LogP contribution >= 0.6 is 11.6 Å². The fourth-order valence-corrected chi connectivity index (χ4v) is 2.12. The summed E-state index contributed by atoms with van der Waals surface area (Å²) in [7, 11) is 0. The summed E-state index contributed by atoms with van der Waals surface area (Å²) in [6.07, 6.45) is 2.69. The lowest BCUT2D eigenvalue weighted by Gasteiger charge is -2.34. The molecule has 0 saturated carbocycles. The number of hydrogen-bond acceptors (Lipinski definition) is 5. The molecule has 1 aromatic heterocycles. The minimum Gasteiger partial charge on any atom is -0.377 e. The molecule has 0 bridgehead atoms. The van der Waals surface area contributed by atoms with E-state index in [9.17, 15) is 0 Å². The van der Waals surface area contributed by atoms with Crippen LogP contribution in [0.4, 0.5) is 11.8 Å². The van der Waals surface area contributed by atoms with E-state index in [1.54, 1.807) is 6.20 Å². The van der Waals surface area contributed by atoms with E-state index in [1.807, 2.05) is 0 Å². The Labute approximate surface area is 113 Å². The average Bonchev–Trinajstić information content (AvgIpc) is 2.39. The summed E-state index contributed by atoms with van der Waals surface area (Å²) in [5.41, 5.74) is 0. The zero-order valence-electron chi connectivity index (χ0n) is 10.8. The van der Waals surface area contributed by atoms with Gasteiger partial charge in [-0.15, -0.1) is 0 Å². The molecule has 1 aromatic rings. The van der Waals surface area contributed by atoms with Crippen molar-refractivity contribution >= 4 is 23.4 Å². The molecule has 5 nitrogen and oxygen atoms in total. The SMILES string of the molecule is CCCNc1ncc(Cl)c(N2CCOCC2C)n1. The van der Waals surface area contributed by atoms with Crippen LogP contribution in [0.25, 0.3) is 0 Å². The Morgan fingerprint density at radius 1 is 1.61 bits per heavy atom. The number of ether oxygens (including phenoxy) is 1. The van der Waals surface area contributed by atoms with E-state index in [4.69, 9.17) is 16.3 Å². The summed E-state index contributed by atoms with van der Waals surface area (Å²) in [5, 5.41) is 3.77. The van der Waals surface area contributed by atoms with Crippen molar-refractivity contribution in [1.82, 2.24) is 9.97 Å². The van der Waals surface area contributed by atoms with Crippen LogP contribution in [0.5, 0.6) is 0 Å². The van der Waals surface area contributed by atoms with E-state index in [2.05, 4.69) is 34.0 Å². The molecule has 1 aliphatic rings. The molecule has 1 aliphatic heterocycles. The van der Waals surface area contributed by atoms with Crippen molar-refractivity contribution in [2.45, 2.75) is 26.3 Å². The van der Waals surface area contributed by atoms with Crippen molar-refractivity contribution in [2.24, 2.45) is 0 Å². The van der Waals surface area contributed by atoms with Crippen molar-refractivity contribution in [3.05, 3.63) is 11.2 Å². The fourth-order valence-electron chi connectivity index (χ4n) is 1.92. The van der Waals surface area contributed by atoms with Crippen LogP contribution in [0.1, 0.15) is 20.3 Å². The minimum atomic E-state index is 0.283. The average molecular weight is 271 g/mol. The lowest BCUT2D eigenvalue weighted by molar-refractivity contribution is 0.0985. The summed E-state index contributed by atoms with van der Waals surface area (Å²) in [6, 6.07) is 0.283. The zero-order chi connectivity index (χ0) is 13.0. The predicted octanol–water partition coefficient (Wildman–Crippen LogP) is 2.18. The maximum Gasteiger partial charge on any atom is 0.224 e. The Morgan fingerprint density at radius 3 is 3.17 bits per heavy atom. The predicted molar refractivity (Wildman–Crippen MR) is 73.4 cm³/mol. The highest BCUT2D eigenvalue weighted by atomic mass is 35.5. The first-order valence-corrected chi connectivity index (χ1v) is 6.71. The molecule has 18 heavy (non-hydrogen) atoms. The van der Waals surface area contributed by atoms with E-state index < -0.39 is 0 Å². The Balaban J connectivity index is 2.19. The number of aromatic nitrogens is 2. The molecule has 6 heteroatoms. The van der Waals surface area contributed by atoms with Crippen molar-refractivity contribution in [2.75, 3.05) is 36.5 Å². The lowest BCUT2D eigenvalue weighted by atomic mass is 10.2. The summed E-state index contributed by atoms with van der Waals surface area (Å²) in [6.45, 7) is 7.30. The number of rotatable bonds is 4. The summed E-state index contributed by atoms with van der Waals surface area (Å²) in [5.74, 6) is 1.43.